The zero-order valence-corrected chi connectivity index (χ0v) is 18.7. The fourth-order valence-electron chi connectivity index (χ4n) is 3.69. The Bertz CT molecular complexity index is 1110. The van der Waals surface area contributed by atoms with E-state index in [0.717, 1.165) is 11.3 Å². The van der Waals surface area contributed by atoms with E-state index in [-0.39, 0.29) is 50.4 Å². The standard InChI is InChI=1S/C23H25FN6O4/c1-33-19-8-6-17(7-9-19)10-28-11-20(34-15-18-4-2-3-5-21(18)24)12-29(13-22(28)31)23(32)14-30-16-25-26-27-30/h2-9,16,20H,10-15H2,1H3/t20-/m0/s1. The third-order valence-corrected chi connectivity index (χ3v) is 5.53. The maximum Gasteiger partial charge on any atom is 0.245 e. The Morgan fingerprint density at radius 2 is 1.94 bits per heavy atom. The van der Waals surface area contributed by atoms with Crippen molar-refractivity contribution in [3.63, 3.8) is 0 Å². The molecule has 1 aromatic heterocycles. The number of tetrazole rings is 1. The summed E-state index contributed by atoms with van der Waals surface area (Å²) in [5.41, 5.74) is 1.32. The van der Waals surface area contributed by atoms with Crippen molar-refractivity contribution in [3.8, 4) is 5.75 Å². The molecule has 0 aliphatic carbocycles. The molecule has 2 amide bonds. The number of halogens is 1. The zero-order valence-electron chi connectivity index (χ0n) is 18.7. The van der Waals surface area contributed by atoms with E-state index in [9.17, 15) is 14.0 Å². The van der Waals surface area contributed by atoms with E-state index in [1.54, 1.807) is 30.2 Å². The molecule has 2 aromatic carbocycles. The molecule has 178 valence electrons. The van der Waals surface area contributed by atoms with Gasteiger partial charge >= 0.3 is 0 Å². The van der Waals surface area contributed by atoms with Crippen molar-refractivity contribution in [3.05, 3.63) is 71.8 Å². The smallest absolute Gasteiger partial charge is 0.245 e. The average Bonchev–Trinajstić information content (AvgIpc) is 3.30. The summed E-state index contributed by atoms with van der Waals surface area (Å²) in [4.78, 5) is 29.0. The van der Waals surface area contributed by atoms with Crippen LogP contribution in [-0.4, -0.2) is 74.7 Å². The van der Waals surface area contributed by atoms with E-state index in [0.29, 0.717) is 12.1 Å². The Morgan fingerprint density at radius 3 is 2.65 bits per heavy atom. The quantitative estimate of drug-likeness (QED) is 0.491. The Labute approximate surface area is 195 Å². The van der Waals surface area contributed by atoms with Crippen molar-refractivity contribution in [2.75, 3.05) is 26.7 Å². The summed E-state index contributed by atoms with van der Waals surface area (Å²) in [7, 11) is 1.59. The van der Waals surface area contributed by atoms with E-state index in [1.807, 2.05) is 24.3 Å². The molecular formula is C23H25FN6O4. The minimum Gasteiger partial charge on any atom is -0.497 e. The predicted octanol–water partition coefficient (Wildman–Crippen LogP) is 1.28. The second-order valence-corrected chi connectivity index (χ2v) is 7.93. The van der Waals surface area contributed by atoms with Crippen LogP contribution in [0.2, 0.25) is 0 Å². The molecular weight excluding hydrogens is 443 g/mol. The predicted molar refractivity (Wildman–Crippen MR) is 118 cm³/mol. The molecule has 1 atom stereocenters. The van der Waals surface area contributed by atoms with Gasteiger partial charge in [0.25, 0.3) is 0 Å². The number of methoxy groups -OCH3 is 1. The topological polar surface area (TPSA) is 103 Å². The maximum absolute atomic E-state index is 14.1. The fraction of sp³-hybridized carbons (Fsp3) is 0.348. The third kappa shape index (κ3) is 5.93. The summed E-state index contributed by atoms with van der Waals surface area (Å²) in [6, 6.07) is 13.8. The van der Waals surface area contributed by atoms with Crippen LogP contribution in [0.5, 0.6) is 5.75 Å². The Hall–Kier alpha value is -3.86. The van der Waals surface area contributed by atoms with E-state index >= 15 is 0 Å². The van der Waals surface area contributed by atoms with Gasteiger partial charge in [0.05, 0.1) is 26.4 Å². The summed E-state index contributed by atoms with van der Waals surface area (Å²) < 4.78 is 26.6. The highest BCUT2D eigenvalue weighted by atomic mass is 19.1. The minimum absolute atomic E-state index is 0.0247. The normalized spacial score (nSPS) is 16.4. The lowest BCUT2D eigenvalue weighted by atomic mass is 10.2. The van der Waals surface area contributed by atoms with Crippen LogP contribution in [0.15, 0.2) is 54.9 Å². The number of nitrogens with zero attached hydrogens (tertiary/aromatic N) is 6. The number of carbonyl (C=O) groups excluding carboxylic acids is 2. The second kappa shape index (κ2) is 10.8. The van der Waals surface area contributed by atoms with Crippen molar-refractivity contribution in [2.45, 2.75) is 25.8 Å². The van der Waals surface area contributed by atoms with Gasteiger partial charge in [-0.05, 0) is 34.2 Å². The van der Waals surface area contributed by atoms with Gasteiger partial charge in [-0.1, -0.05) is 30.3 Å². The Kier molecular flexibility index (Phi) is 7.43. The lowest BCUT2D eigenvalue weighted by molar-refractivity contribution is -0.139. The summed E-state index contributed by atoms with van der Waals surface area (Å²) in [5, 5.41) is 10.8. The molecule has 0 bridgehead atoms. The molecule has 0 N–H and O–H groups in total. The van der Waals surface area contributed by atoms with E-state index in [2.05, 4.69) is 15.5 Å². The second-order valence-electron chi connectivity index (χ2n) is 7.93. The highest BCUT2D eigenvalue weighted by molar-refractivity contribution is 5.85. The van der Waals surface area contributed by atoms with Crippen molar-refractivity contribution < 1.29 is 23.5 Å². The number of rotatable bonds is 8. The maximum atomic E-state index is 14.1. The molecule has 3 aromatic rings. The van der Waals surface area contributed by atoms with E-state index < -0.39 is 6.10 Å². The molecule has 0 unspecified atom stereocenters. The molecule has 1 aliphatic heterocycles. The van der Waals surface area contributed by atoms with Gasteiger partial charge in [0.1, 0.15) is 24.4 Å². The molecule has 1 saturated heterocycles. The summed E-state index contributed by atoms with van der Waals surface area (Å²) >= 11 is 0. The van der Waals surface area contributed by atoms with Crippen molar-refractivity contribution in [1.82, 2.24) is 30.0 Å². The van der Waals surface area contributed by atoms with Crippen LogP contribution in [0.4, 0.5) is 4.39 Å². The summed E-state index contributed by atoms with van der Waals surface area (Å²) in [6.07, 6.45) is 0.821. The highest BCUT2D eigenvalue weighted by Gasteiger charge is 2.31. The summed E-state index contributed by atoms with van der Waals surface area (Å²) in [5.74, 6) is -0.172. The van der Waals surface area contributed by atoms with Gasteiger partial charge in [0.2, 0.25) is 11.8 Å². The molecule has 2 heterocycles. The first-order chi connectivity index (χ1) is 16.5. The van der Waals surface area contributed by atoms with E-state index in [1.165, 1.54) is 22.0 Å². The highest BCUT2D eigenvalue weighted by Crippen LogP contribution is 2.17. The lowest BCUT2D eigenvalue weighted by Crippen LogP contribution is -2.41. The average molecular weight is 468 g/mol. The molecule has 4 rings (SSSR count). The molecule has 34 heavy (non-hydrogen) atoms. The van der Waals surface area contributed by atoms with Crippen LogP contribution in [0, 0.1) is 5.82 Å². The minimum atomic E-state index is -0.512. The van der Waals surface area contributed by atoms with Crippen LogP contribution >= 0.6 is 0 Å². The van der Waals surface area contributed by atoms with Gasteiger partial charge in [-0.2, -0.15) is 0 Å². The third-order valence-electron chi connectivity index (χ3n) is 5.53. The molecule has 10 nitrogen and oxygen atoms in total. The first kappa shape index (κ1) is 23.3. The molecule has 11 heteroatoms. The van der Waals surface area contributed by atoms with Crippen LogP contribution in [0.25, 0.3) is 0 Å². The summed E-state index contributed by atoms with van der Waals surface area (Å²) in [6.45, 7) is 0.609. The van der Waals surface area contributed by atoms with Crippen molar-refractivity contribution in [2.24, 2.45) is 0 Å². The lowest BCUT2D eigenvalue weighted by Gasteiger charge is -2.25. The number of benzene rings is 2. The van der Waals surface area contributed by atoms with Gasteiger partial charge in [0, 0.05) is 25.2 Å². The van der Waals surface area contributed by atoms with Gasteiger partial charge in [-0.15, -0.1) is 5.10 Å². The molecule has 1 fully saturated rings. The fourth-order valence-corrected chi connectivity index (χ4v) is 3.69. The monoisotopic (exact) mass is 468 g/mol. The van der Waals surface area contributed by atoms with Crippen molar-refractivity contribution >= 4 is 11.8 Å². The van der Waals surface area contributed by atoms with Crippen LogP contribution in [0.3, 0.4) is 0 Å². The molecule has 1 aliphatic rings. The number of hydrogen-bond acceptors (Lipinski definition) is 7. The van der Waals surface area contributed by atoms with Gasteiger partial charge in [-0.25, -0.2) is 9.07 Å². The molecule has 0 spiro atoms. The van der Waals surface area contributed by atoms with Crippen LogP contribution < -0.4 is 4.74 Å². The number of ether oxygens (including phenoxy) is 2. The Balaban J connectivity index is 1.50. The first-order valence-corrected chi connectivity index (χ1v) is 10.8. The number of hydrogen-bond donors (Lipinski definition) is 0. The van der Waals surface area contributed by atoms with E-state index in [4.69, 9.17) is 9.47 Å². The zero-order chi connectivity index (χ0) is 23.9. The van der Waals surface area contributed by atoms with Gasteiger partial charge in [0.15, 0.2) is 0 Å². The van der Waals surface area contributed by atoms with Crippen LogP contribution in [0.1, 0.15) is 11.1 Å². The molecule has 0 saturated carbocycles. The first-order valence-electron chi connectivity index (χ1n) is 10.8. The van der Waals surface area contributed by atoms with Gasteiger partial charge < -0.3 is 19.3 Å². The number of carbonyl (C=O) groups is 2. The molecule has 0 radical (unpaired) electrons. The van der Waals surface area contributed by atoms with Crippen LogP contribution in [-0.2, 0) is 34.0 Å². The largest absolute Gasteiger partial charge is 0.497 e. The number of amides is 2. The Morgan fingerprint density at radius 1 is 1.15 bits per heavy atom. The van der Waals surface area contributed by atoms with Gasteiger partial charge in [-0.3, -0.25) is 9.59 Å². The van der Waals surface area contributed by atoms with Crippen molar-refractivity contribution in [1.29, 1.82) is 0 Å². The number of aromatic nitrogens is 4. The SMILES string of the molecule is COc1ccc(CN2C[C@H](OCc3ccccc3F)CN(C(=O)Cn3cnnn3)CC2=O)cc1.